The first kappa shape index (κ1) is 17.9. The zero-order valence-electron chi connectivity index (χ0n) is 15.6. The first-order valence-electron chi connectivity index (χ1n) is 9.46. The van der Waals surface area contributed by atoms with Crippen molar-refractivity contribution in [2.45, 2.75) is 32.1 Å². The van der Waals surface area contributed by atoms with Gasteiger partial charge in [0.15, 0.2) is 5.79 Å². The van der Waals surface area contributed by atoms with Crippen LogP contribution in [-0.2, 0) is 16.0 Å². The van der Waals surface area contributed by atoms with Crippen LogP contribution >= 0.6 is 0 Å². The van der Waals surface area contributed by atoms with Crippen molar-refractivity contribution in [1.82, 2.24) is 10.3 Å². The predicted molar refractivity (Wildman–Crippen MR) is 103 cm³/mol. The second-order valence-corrected chi connectivity index (χ2v) is 7.17. The van der Waals surface area contributed by atoms with Crippen molar-refractivity contribution in [3.8, 4) is 0 Å². The second kappa shape index (κ2) is 7.66. The highest BCUT2D eigenvalue weighted by atomic mass is 16.7. The molecule has 0 bridgehead atoms. The molecule has 2 aliphatic heterocycles. The maximum atomic E-state index is 12.5. The SMILES string of the molecule is Cc1cccc(CNC(=O)c2cc(N3CCC4(CC3)OCCO4)ccn2)c1. The summed E-state index contributed by atoms with van der Waals surface area (Å²) in [5.74, 6) is -0.549. The van der Waals surface area contributed by atoms with Crippen LogP contribution in [0.3, 0.4) is 0 Å². The topological polar surface area (TPSA) is 63.7 Å². The van der Waals surface area contributed by atoms with Gasteiger partial charge < -0.3 is 19.7 Å². The van der Waals surface area contributed by atoms with Crippen LogP contribution in [0.15, 0.2) is 42.6 Å². The molecule has 6 heteroatoms. The molecule has 0 unspecified atom stereocenters. The van der Waals surface area contributed by atoms with Crippen molar-refractivity contribution in [2.24, 2.45) is 0 Å². The Hall–Kier alpha value is -2.44. The Balaban J connectivity index is 1.38. The van der Waals surface area contributed by atoms with Crippen LogP contribution in [-0.4, -0.2) is 43.0 Å². The lowest BCUT2D eigenvalue weighted by atomic mass is 10.0. The van der Waals surface area contributed by atoms with E-state index in [1.54, 1.807) is 6.20 Å². The minimum Gasteiger partial charge on any atom is -0.371 e. The number of hydrogen-bond donors (Lipinski definition) is 1. The maximum Gasteiger partial charge on any atom is 0.270 e. The van der Waals surface area contributed by atoms with E-state index in [2.05, 4.69) is 21.3 Å². The number of carbonyl (C=O) groups excluding carboxylic acids is 1. The van der Waals surface area contributed by atoms with E-state index in [0.717, 1.165) is 37.2 Å². The third-order valence-electron chi connectivity index (χ3n) is 5.22. The zero-order chi connectivity index (χ0) is 18.7. The molecule has 4 rings (SSSR count). The number of ether oxygens (including phenoxy) is 2. The van der Waals surface area contributed by atoms with Gasteiger partial charge in [-0.3, -0.25) is 9.78 Å². The minimum atomic E-state index is -0.391. The summed E-state index contributed by atoms with van der Waals surface area (Å²) in [4.78, 5) is 19.0. The number of carbonyl (C=O) groups is 1. The predicted octanol–water partition coefficient (Wildman–Crippen LogP) is 2.66. The van der Waals surface area contributed by atoms with E-state index in [1.807, 2.05) is 37.3 Å². The minimum absolute atomic E-state index is 0.158. The van der Waals surface area contributed by atoms with Crippen molar-refractivity contribution >= 4 is 11.6 Å². The van der Waals surface area contributed by atoms with Gasteiger partial charge in [0.25, 0.3) is 5.91 Å². The Morgan fingerprint density at radius 1 is 1.19 bits per heavy atom. The van der Waals surface area contributed by atoms with E-state index in [1.165, 1.54) is 5.56 Å². The third-order valence-corrected chi connectivity index (χ3v) is 5.22. The maximum absolute atomic E-state index is 12.5. The van der Waals surface area contributed by atoms with Gasteiger partial charge >= 0.3 is 0 Å². The Labute approximate surface area is 159 Å². The fourth-order valence-electron chi connectivity index (χ4n) is 3.73. The van der Waals surface area contributed by atoms with Gasteiger partial charge in [0.2, 0.25) is 0 Å². The van der Waals surface area contributed by atoms with Crippen LogP contribution in [0.25, 0.3) is 0 Å². The van der Waals surface area contributed by atoms with Crippen LogP contribution in [0, 0.1) is 6.92 Å². The molecule has 6 nitrogen and oxygen atoms in total. The van der Waals surface area contributed by atoms with Crippen molar-refractivity contribution in [3.05, 3.63) is 59.4 Å². The molecule has 1 aromatic heterocycles. The summed E-state index contributed by atoms with van der Waals surface area (Å²) in [5, 5.41) is 2.95. The molecular weight excluding hydrogens is 342 g/mol. The molecule has 1 aromatic carbocycles. The van der Waals surface area contributed by atoms with Gasteiger partial charge in [-0.15, -0.1) is 0 Å². The first-order chi connectivity index (χ1) is 13.1. The Morgan fingerprint density at radius 2 is 1.96 bits per heavy atom. The van der Waals surface area contributed by atoms with Gasteiger partial charge in [-0.05, 0) is 24.6 Å². The van der Waals surface area contributed by atoms with Crippen LogP contribution in [0.4, 0.5) is 5.69 Å². The normalized spacial score (nSPS) is 18.6. The van der Waals surface area contributed by atoms with Crippen LogP contribution in [0.5, 0.6) is 0 Å². The quantitative estimate of drug-likeness (QED) is 0.900. The van der Waals surface area contributed by atoms with E-state index in [9.17, 15) is 4.79 Å². The van der Waals surface area contributed by atoms with E-state index in [0.29, 0.717) is 25.5 Å². The summed E-state index contributed by atoms with van der Waals surface area (Å²) in [7, 11) is 0. The summed E-state index contributed by atoms with van der Waals surface area (Å²) in [6, 6.07) is 11.9. The van der Waals surface area contributed by atoms with E-state index in [4.69, 9.17) is 9.47 Å². The molecule has 0 aliphatic carbocycles. The molecule has 27 heavy (non-hydrogen) atoms. The number of rotatable bonds is 4. The average molecular weight is 367 g/mol. The molecule has 2 fully saturated rings. The molecule has 2 saturated heterocycles. The number of hydrogen-bond acceptors (Lipinski definition) is 5. The number of nitrogens with one attached hydrogen (secondary N) is 1. The molecule has 1 amide bonds. The van der Waals surface area contributed by atoms with Crippen molar-refractivity contribution in [3.63, 3.8) is 0 Å². The van der Waals surface area contributed by atoms with Gasteiger partial charge in [-0.1, -0.05) is 29.8 Å². The molecular formula is C21H25N3O3. The second-order valence-electron chi connectivity index (χ2n) is 7.17. The largest absolute Gasteiger partial charge is 0.371 e. The van der Waals surface area contributed by atoms with Crippen LogP contribution in [0.1, 0.15) is 34.5 Å². The molecule has 0 radical (unpaired) electrons. The highest BCUT2D eigenvalue weighted by Gasteiger charge is 2.39. The molecule has 2 aliphatic rings. The van der Waals surface area contributed by atoms with Gasteiger partial charge in [-0.25, -0.2) is 0 Å². The Kier molecular flexibility index (Phi) is 5.09. The summed E-state index contributed by atoms with van der Waals surface area (Å²) < 4.78 is 11.6. The average Bonchev–Trinajstić information content (AvgIpc) is 3.15. The Bertz CT molecular complexity index is 808. The summed E-state index contributed by atoms with van der Waals surface area (Å²) >= 11 is 0. The highest BCUT2D eigenvalue weighted by molar-refractivity contribution is 5.93. The molecule has 3 heterocycles. The monoisotopic (exact) mass is 367 g/mol. The van der Waals surface area contributed by atoms with Gasteiger partial charge in [0.05, 0.1) is 13.2 Å². The molecule has 1 spiro atoms. The van der Waals surface area contributed by atoms with Crippen molar-refractivity contribution in [1.29, 1.82) is 0 Å². The van der Waals surface area contributed by atoms with E-state index >= 15 is 0 Å². The molecule has 1 N–H and O–H groups in total. The number of amides is 1. The number of aromatic nitrogens is 1. The van der Waals surface area contributed by atoms with Crippen LogP contribution < -0.4 is 10.2 Å². The first-order valence-corrected chi connectivity index (χ1v) is 9.46. The molecule has 0 atom stereocenters. The summed E-state index contributed by atoms with van der Waals surface area (Å²) in [6.07, 6.45) is 3.37. The van der Waals surface area contributed by atoms with Crippen LogP contribution in [0.2, 0.25) is 0 Å². The standard InChI is InChI=1S/C21H25N3O3/c1-16-3-2-4-17(13-16)15-23-20(25)19-14-18(5-8-22-19)24-9-6-21(7-10-24)26-11-12-27-21/h2-5,8,13-14H,6-7,9-12,15H2,1H3,(H,23,25). The van der Waals surface area contributed by atoms with Gasteiger partial charge in [-0.2, -0.15) is 0 Å². The van der Waals surface area contributed by atoms with Gasteiger partial charge in [0, 0.05) is 44.4 Å². The third kappa shape index (κ3) is 4.12. The number of anilines is 1. The number of benzene rings is 1. The molecule has 142 valence electrons. The molecule has 0 saturated carbocycles. The lowest BCUT2D eigenvalue weighted by molar-refractivity contribution is -0.169. The number of piperidine rings is 1. The number of nitrogens with zero attached hydrogens (tertiary/aromatic N) is 2. The van der Waals surface area contributed by atoms with Crippen molar-refractivity contribution in [2.75, 3.05) is 31.2 Å². The highest BCUT2D eigenvalue weighted by Crippen LogP contribution is 2.33. The van der Waals surface area contributed by atoms with E-state index in [-0.39, 0.29) is 5.91 Å². The fraction of sp³-hybridized carbons (Fsp3) is 0.429. The Morgan fingerprint density at radius 3 is 2.70 bits per heavy atom. The lowest BCUT2D eigenvalue weighted by Crippen LogP contribution is -2.45. The molecule has 2 aromatic rings. The smallest absolute Gasteiger partial charge is 0.270 e. The summed E-state index contributed by atoms with van der Waals surface area (Å²) in [6.45, 7) is 5.58. The summed E-state index contributed by atoms with van der Waals surface area (Å²) in [5.41, 5.74) is 3.71. The fourth-order valence-corrected chi connectivity index (χ4v) is 3.73. The van der Waals surface area contributed by atoms with Gasteiger partial charge in [0.1, 0.15) is 5.69 Å². The number of aryl methyl sites for hydroxylation is 1. The number of pyridine rings is 1. The van der Waals surface area contributed by atoms with Crippen molar-refractivity contribution < 1.29 is 14.3 Å². The van der Waals surface area contributed by atoms with E-state index < -0.39 is 5.79 Å². The zero-order valence-corrected chi connectivity index (χ0v) is 15.6. The lowest BCUT2D eigenvalue weighted by Gasteiger charge is -2.38.